The van der Waals surface area contributed by atoms with Crippen LogP contribution >= 0.6 is 23.2 Å². The maximum Gasteiger partial charge on any atom is 0.247 e. The topological polar surface area (TPSA) is 54.0 Å². The van der Waals surface area contributed by atoms with Crippen molar-refractivity contribution in [3.05, 3.63) is 52.6 Å². The largest absolute Gasteiger partial charge is 0.374 e. The average Bonchev–Trinajstić information content (AvgIpc) is 2.44. The van der Waals surface area contributed by atoms with Gasteiger partial charge in [0.25, 0.3) is 0 Å². The molecule has 20 heavy (non-hydrogen) atoms. The summed E-state index contributed by atoms with van der Waals surface area (Å²) in [6, 6.07) is 10.1. The van der Waals surface area contributed by atoms with E-state index in [-0.39, 0.29) is 5.91 Å². The number of halogens is 2. The van der Waals surface area contributed by atoms with Gasteiger partial charge in [0.2, 0.25) is 5.91 Å². The lowest BCUT2D eigenvalue weighted by Crippen LogP contribution is -2.32. The number of amides is 1. The molecule has 4 nitrogen and oxygen atoms in total. The SMILES string of the molecule is CC(Nc1ccc(Cl)cc1)C(=O)Nc1ccc(Cl)cn1. The second kappa shape index (κ2) is 6.59. The number of benzene rings is 1. The highest BCUT2D eigenvalue weighted by atomic mass is 35.5. The van der Waals surface area contributed by atoms with Crippen molar-refractivity contribution in [3.8, 4) is 0 Å². The Labute approximate surface area is 127 Å². The van der Waals surface area contributed by atoms with E-state index < -0.39 is 6.04 Å². The van der Waals surface area contributed by atoms with Gasteiger partial charge in [0.05, 0.1) is 5.02 Å². The number of pyridine rings is 1. The zero-order valence-electron chi connectivity index (χ0n) is 10.7. The number of hydrogen-bond acceptors (Lipinski definition) is 3. The molecule has 0 aliphatic carbocycles. The monoisotopic (exact) mass is 309 g/mol. The van der Waals surface area contributed by atoms with Gasteiger partial charge in [-0.3, -0.25) is 4.79 Å². The Kier molecular flexibility index (Phi) is 4.82. The number of carbonyl (C=O) groups is 1. The summed E-state index contributed by atoms with van der Waals surface area (Å²) in [5, 5.41) is 6.95. The molecular weight excluding hydrogens is 297 g/mol. The van der Waals surface area contributed by atoms with E-state index in [1.54, 1.807) is 31.2 Å². The van der Waals surface area contributed by atoms with Crippen LogP contribution in [0.1, 0.15) is 6.92 Å². The first kappa shape index (κ1) is 14.6. The molecular formula is C14H13Cl2N3O. The lowest BCUT2D eigenvalue weighted by molar-refractivity contribution is -0.116. The Morgan fingerprint density at radius 1 is 1.10 bits per heavy atom. The van der Waals surface area contributed by atoms with Crippen molar-refractivity contribution < 1.29 is 4.79 Å². The van der Waals surface area contributed by atoms with Crippen molar-refractivity contribution in [3.63, 3.8) is 0 Å². The van der Waals surface area contributed by atoms with E-state index in [0.717, 1.165) is 5.69 Å². The molecule has 0 radical (unpaired) electrons. The normalized spacial score (nSPS) is 11.8. The van der Waals surface area contributed by atoms with E-state index in [2.05, 4.69) is 15.6 Å². The van der Waals surface area contributed by atoms with Gasteiger partial charge in [-0.05, 0) is 43.3 Å². The number of rotatable bonds is 4. The maximum atomic E-state index is 12.0. The third-order valence-corrected chi connectivity index (χ3v) is 3.07. The number of nitrogens with one attached hydrogen (secondary N) is 2. The molecule has 2 rings (SSSR count). The minimum Gasteiger partial charge on any atom is -0.374 e. The van der Waals surface area contributed by atoms with E-state index in [0.29, 0.717) is 15.9 Å². The van der Waals surface area contributed by atoms with Gasteiger partial charge in [0.1, 0.15) is 11.9 Å². The fourth-order valence-corrected chi connectivity index (χ4v) is 1.78. The van der Waals surface area contributed by atoms with Crippen LogP contribution in [0, 0.1) is 0 Å². The molecule has 104 valence electrons. The van der Waals surface area contributed by atoms with Crippen molar-refractivity contribution >= 4 is 40.6 Å². The molecule has 0 aliphatic heterocycles. The first-order valence-electron chi connectivity index (χ1n) is 5.99. The highest BCUT2D eigenvalue weighted by Gasteiger charge is 2.13. The van der Waals surface area contributed by atoms with Crippen molar-refractivity contribution in [2.45, 2.75) is 13.0 Å². The van der Waals surface area contributed by atoms with Crippen LogP contribution in [0.3, 0.4) is 0 Å². The summed E-state index contributed by atoms with van der Waals surface area (Å²) in [5.41, 5.74) is 0.820. The minimum absolute atomic E-state index is 0.185. The molecule has 0 saturated heterocycles. The standard InChI is InChI=1S/C14H13Cl2N3O/c1-9(18-12-5-2-10(15)3-6-12)14(20)19-13-7-4-11(16)8-17-13/h2-9,18H,1H3,(H,17,19,20). The van der Waals surface area contributed by atoms with Gasteiger partial charge >= 0.3 is 0 Å². The molecule has 1 amide bonds. The Hall–Kier alpha value is -1.78. The van der Waals surface area contributed by atoms with Gasteiger partial charge in [-0.2, -0.15) is 0 Å². The van der Waals surface area contributed by atoms with E-state index >= 15 is 0 Å². The molecule has 1 unspecified atom stereocenters. The molecule has 1 heterocycles. The minimum atomic E-state index is -0.409. The molecule has 1 atom stereocenters. The van der Waals surface area contributed by atoms with Crippen LogP contribution in [-0.2, 0) is 4.79 Å². The Morgan fingerprint density at radius 3 is 2.35 bits per heavy atom. The Balaban J connectivity index is 1.94. The molecule has 2 aromatic rings. The highest BCUT2D eigenvalue weighted by molar-refractivity contribution is 6.30. The summed E-state index contributed by atoms with van der Waals surface area (Å²) in [7, 11) is 0. The molecule has 1 aromatic carbocycles. The van der Waals surface area contributed by atoms with Crippen LogP contribution in [-0.4, -0.2) is 16.9 Å². The van der Waals surface area contributed by atoms with Gasteiger partial charge in [-0.25, -0.2) is 4.98 Å². The molecule has 6 heteroatoms. The van der Waals surface area contributed by atoms with E-state index in [9.17, 15) is 4.79 Å². The maximum absolute atomic E-state index is 12.0. The van der Waals surface area contributed by atoms with Crippen LogP contribution in [0.25, 0.3) is 0 Å². The first-order chi connectivity index (χ1) is 9.54. The van der Waals surface area contributed by atoms with Crippen LogP contribution in [0.15, 0.2) is 42.6 Å². The lowest BCUT2D eigenvalue weighted by atomic mass is 10.2. The number of anilines is 2. The average molecular weight is 310 g/mol. The summed E-state index contributed by atoms with van der Waals surface area (Å²) in [6.07, 6.45) is 1.48. The number of nitrogens with zero attached hydrogens (tertiary/aromatic N) is 1. The molecule has 0 saturated carbocycles. The summed E-state index contributed by atoms with van der Waals surface area (Å²) in [6.45, 7) is 1.76. The zero-order chi connectivity index (χ0) is 14.5. The summed E-state index contributed by atoms with van der Waals surface area (Å²) in [4.78, 5) is 16.0. The predicted octanol–water partition coefficient (Wildman–Crippen LogP) is 3.83. The summed E-state index contributed by atoms with van der Waals surface area (Å²) in [5.74, 6) is 0.277. The van der Waals surface area contributed by atoms with Gasteiger partial charge < -0.3 is 10.6 Å². The zero-order valence-corrected chi connectivity index (χ0v) is 12.2. The van der Waals surface area contributed by atoms with Crippen molar-refractivity contribution in [1.82, 2.24) is 4.98 Å². The van der Waals surface area contributed by atoms with Crippen LogP contribution < -0.4 is 10.6 Å². The lowest BCUT2D eigenvalue weighted by Gasteiger charge is -2.15. The quantitative estimate of drug-likeness (QED) is 0.902. The highest BCUT2D eigenvalue weighted by Crippen LogP contribution is 2.15. The van der Waals surface area contributed by atoms with Crippen molar-refractivity contribution in [1.29, 1.82) is 0 Å². The number of carbonyl (C=O) groups excluding carboxylic acids is 1. The molecule has 0 fully saturated rings. The third-order valence-electron chi connectivity index (χ3n) is 2.60. The third kappa shape index (κ3) is 4.11. The molecule has 2 N–H and O–H groups in total. The Morgan fingerprint density at radius 2 is 1.75 bits per heavy atom. The van der Waals surface area contributed by atoms with Gasteiger partial charge in [0, 0.05) is 16.9 Å². The second-order valence-electron chi connectivity index (χ2n) is 4.22. The van der Waals surface area contributed by atoms with Crippen LogP contribution in [0.2, 0.25) is 10.0 Å². The van der Waals surface area contributed by atoms with Gasteiger partial charge in [-0.1, -0.05) is 23.2 Å². The van der Waals surface area contributed by atoms with Crippen LogP contribution in [0.4, 0.5) is 11.5 Å². The fraction of sp³-hybridized carbons (Fsp3) is 0.143. The molecule has 1 aromatic heterocycles. The second-order valence-corrected chi connectivity index (χ2v) is 5.10. The summed E-state index contributed by atoms with van der Waals surface area (Å²) < 4.78 is 0. The van der Waals surface area contributed by atoms with E-state index in [1.807, 2.05) is 12.1 Å². The molecule has 0 spiro atoms. The van der Waals surface area contributed by atoms with Crippen molar-refractivity contribution in [2.75, 3.05) is 10.6 Å². The first-order valence-corrected chi connectivity index (χ1v) is 6.75. The van der Waals surface area contributed by atoms with Crippen LogP contribution in [0.5, 0.6) is 0 Å². The van der Waals surface area contributed by atoms with Gasteiger partial charge in [-0.15, -0.1) is 0 Å². The fourth-order valence-electron chi connectivity index (χ4n) is 1.55. The van der Waals surface area contributed by atoms with Crippen molar-refractivity contribution in [2.24, 2.45) is 0 Å². The van der Waals surface area contributed by atoms with Gasteiger partial charge in [0.15, 0.2) is 0 Å². The van der Waals surface area contributed by atoms with E-state index in [4.69, 9.17) is 23.2 Å². The predicted molar refractivity (Wildman–Crippen MR) is 82.4 cm³/mol. The summed E-state index contributed by atoms with van der Waals surface area (Å²) >= 11 is 11.5. The smallest absolute Gasteiger partial charge is 0.247 e. The molecule has 0 bridgehead atoms. The Bertz CT molecular complexity index is 584. The number of aromatic nitrogens is 1. The van der Waals surface area contributed by atoms with E-state index in [1.165, 1.54) is 6.20 Å². The molecule has 0 aliphatic rings. The number of hydrogen-bond donors (Lipinski definition) is 2.